The largest absolute Gasteiger partial charge is 0.375 e. The molecule has 0 amide bonds. The van der Waals surface area contributed by atoms with Gasteiger partial charge in [0.05, 0.1) is 4.92 Å². The number of hydrogen-bond acceptors (Lipinski definition) is 3. The van der Waals surface area contributed by atoms with Gasteiger partial charge in [-0.3, -0.25) is 10.1 Å². The number of aryl methyl sites for hydroxylation is 3. The minimum atomic E-state index is -0.347. The molecule has 0 radical (unpaired) electrons. The summed E-state index contributed by atoms with van der Waals surface area (Å²) in [7, 11) is 1.95. The van der Waals surface area contributed by atoms with Gasteiger partial charge < -0.3 is 9.88 Å². The summed E-state index contributed by atoms with van der Waals surface area (Å²) in [5, 5.41) is 14.2. The van der Waals surface area contributed by atoms with Gasteiger partial charge in [-0.1, -0.05) is 0 Å². The molecule has 0 aliphatic carbocycles. The SMILES string of the molecule is Cc1cc(NCc2ccn(C)c2)c([N+](=O)[O-])cc1C. The Kier molecular flexibility index (Phi) is 3.55. The first-order chi connectivity index (χ1) is 8.97. The first kappa shape index (κ1) is 13.1. The van der Waals surface area contributed by atoms with E-state index in [1.807, 2.05) is 50.0 Å². The van der Waals surface area contributed by atoms with Crippen LogP contribution in [0.2, 0.25) is 0 Å². The van der Waals surface area contributed by atoms with Gasteiger partial charge in [0.25, 0.3) is 5.69 Å². The number of rotatable bonds is 4. The van der Waals surface area contributed by atoms with E-state index in [0.29, 0.717) is 12.2 Å². The standard InChI is InChI=1S/C14H17N3O2/c1-10-6-13(14(17(18)19)7-11(10)2)15-8-12-4-5-16(3)9-12/h4-7,9,15H,8H2,1-3H3. The summed E-state index contributed by atoms with van der Waals surface area (Å²) in [6.45, 7) is 4.40. The smallest absolute Gasteiger partial charge is 0.292 e. The first-order valence-corrected chi connectivity index (χ1v) is 6.07. The number of benzene rings is 1. The van der Waals surface area contributed by atoms with Crippen molar-refractivity contribution in [3.63, 3.8) is 0 Å². The zero-order valence-corrected chi connectivity index (χ0v) is 11.3. The molecule has 1 heterocycles. The lowest BCUT2D eigenvalue weighted by atomic mass is 10.1. The lowest BCUT2D eigenvalue weighted by Gasteiger charge is -2.09. The summed E-state index contributed by atoms with van der Waals surface area (Å²) < 4.78 is 1.95. The molecule has 5 heteroatoms. The van der Waals surface area contributed by atoms with Gasteiger partial charge >= 0.3 is 0 Å². The van der Waals surface area contributed by atoms with Crippen molar-refractivity contribution < 1.29 is 4.92 Å². The maximum absolute atomic E-state index is 11.1. The second-order valence-electron chi connectivity index (χ2n) is 4.75. The number of nitrogens with one attached hydrogen (secondary N) is 1. The monoisotopic (exact) mass is 259 g/mol. The average Bonchev–Trinajstić information content (AvgIpc) is 2.76. The van der Waals surface area contributed by atoms with Crippen LogP contribution in [0.15, 0.2) is 30.6 Å². The molecular weight excluding hydrogens is 242 g/mol. The Morgan fingerprint density at radius 2 is 2.00 bits per heavy atom. The molecule has 0 aliphatic heterocycles. The predicted molar refractivity (Wildman–Crippen MR) is 75.3 cm³/mol. The second-order valence-corrected chi connectivity index (χ2v) is 4.75. The quantitative estimate of drug-likeness (QED) is 0.677. The fraction of sp³-hybridized carbons (Fsp3) is 0.286. The molecule has 0 aliphatic rings. The fourth-order valence-corrected chi connectivity index (χ4v) is 1.96. The molecule has 2 rings (SSSR count). The lowest BCUT2D eigenvalue weighted by Crippen LogP contribution is -2.03. The third-order valence-corrected chi connectivity index (χ3v) is 3.18. The van der Waals surface area contributed by atoms with E-state index in [4.69, 9.17) is 0 Å². The Morgan fingerprint density at radius 1 is 1.32 bits per heavy atom. The maximum atomic E-state index is 11.1. The van der Waals surface area contributed by atoms with E-state index in [9.17, 15) is 10.1 Å². The van der Waals surface area contributed by atoms with Crippen LogP contribution in [0.25, 0.3) is 0 Å². The number of nitro benzene ring substituents is 1. The lowest BCUT2D eigenvalue weighted by molar-refractivity contribution is -0.384. The predicted octanol–water partition coefficient (Wildman–Crippen LogP) is 3.16. The van der Waals surface area contributed by atoms with Crippen molar-refractivity contribution >= 4 is 11.4 Å². The molecular formula is C14H17N3O2. The molecule has 1 aromatic heterocycles. The van der Waals surface area contributed by atoms with Crippen LogP contribution in [0.1, 0.15) is 16.7 Å². The van der Waals surface area contributed by atoms with Crippen molar-refractivity contribution in [3.8, 4) is 0 Å². The van der Waals surface area contributed by atoms with Crippen molar-refractivity contribution in [1.29, 1.82) is 0 Å². The third kappa shape index (κ3) is 2.93. The van der Waals surface area contributed by atoms with Crippen LogP contribution >= 0.6 is 0 Å². The molecule has 0 fully saturated rings. The minimum Gasteiger partial charge on any atom is -0.375 e. The van der Waals surface area contributed by atoms with Crippen molar-refractivity contribution in [3.05, 3.63) is 57.4 Å². The van der Waals surface area contributed by atoms with E-state index in [2.05, 4.69) is 5.32 Å². The summed E-state index contributed by atoms with van der Waals surface area (Å²) in [5.74, 6) is 0. The zero-order valence-electron chi connectivity index (χ0n) is 11.3. The highest BCUT2D eigenvalue weighted by molar-refractivity contribution is 5.64. The first-order valence-electron chi connectivity index (χ1n) is 6.07. The summed E-state index contributed by atoms with van der Waals surface area (Å²) in [6, 6.07) is 5.43. The molecule has 5 nitrogen and oxygen atoms in total. The number of nitro groups is 1. The van der Waals surface area contributed by atoms with E-state index < -0.39 is 0 Å². The molecule has 19 heavy (non-hydrogen) atoms. The van der Waals surface area contributed by atoms with Crippen LogP contribution in [0, 0.1) is 24.0 Å². The minimum absolute atomic E-state index is 0.124. The van der Waals surface area contributed by atoms with E-state index in [-0.39, 0.29) is 10.6 Å². The zero-order chi connectivity index (χ0) is 14.0. The summed E-state index contributed by atoms with van der Waals surface area (Å²) in [4.78, 5) is 10.7. The van der Waals surface area contributed by atoms with Gasteiger partial charge in [-0.15, -0.1) is 0 Å². The van der Waals surface area contributed by atoms with Crippen LogP contribution < -0.4 is 5.32 Å². The van der Waals surface area contributed by atoms with Crippen molar-refractivity contribution in [1.82, 2.24) is 4.57 Å². The van der Waals surface area contributed by atoms with Gasteiger partial charge in [0.1, 0.15) is 5.69 Å². The Morgan fingerprint density at radius 3 is 2.58 bits per heavy atom. The molecule has 0 bridgehead atoms. The van der Waals surface area contributed by atoms with Gasteiger partial charge in [0.2, 0.25) is 0 Å². The number of aromatic nitrogens is 1. The highest BCUT2D eigenvalue weighted by Gasteiger charge is 2.15. The Balaban J connectivity index is 2.23. The van der Waals surface area contributed by atoms with E-state index >= 15 is 0 Å². The topological polar surface area (TPSA) is 60.1 Å². The van der Waals surface area contributed by atoms with Crippen molar-refractivity contribution in [2.45, 2.75) is 20.4 Å². The molecule has 1 aromatic carbocycles. The Labute approximate surface area is 112 Å². The van der Waals surface area contributed by atoms with Gasteiger partial charge in [-0.2, -0.15) is 0 Å². The summed E-state index contributed by atoms with van der Waals surface area (Å²) >= 11 is 0. The van der Waals surface area contributed by atoms with Crippen molar-refractivity contribution in [2.24, 2.45) is 7.05 Å². The van der Waals surface area contributed by atoms with Gasteiger partial charge in [-0.05, 0) is 42.7 Å². The summed E-state index contributed by atoms with van der Waals surface area (Å²) in [6.07, 6.45) is 3.94. The molecule has 0 unspecified atom stereocenters. The van der Waals surface area contributed by atoms with Gasteiger partial charge in [0.15, 0.2) is 0 Å². The van der Waals surface area contributed by atoms with E-state index in [0.717, 1.165) is 16.7 Å². The van der Waals surface area contributed by atoms with Crippen LogP contribution in [-0.4, -0.2) is 9.49 Å². The fourth-order valence-electron chi connectivity index (χ4n) is 1.96. The number of anilines is 1. The average molecular weight is 259 g/mol. The van der Waals surface area contributed by atoms with Crippen molar-refractivity contribution in [2.75, 3.05) is 5.32 Å². The molecule has 0 saturated heterocycles. The molecule has 0 atom stereocenters. The molecule has 0 saturated carbocycles. The van der Waals surface area contributed by atoms with Crippen LogP contribution in [0.5, 0.6) is 0 Å². The molecule has 2 aromatic rings. The van der Waals surface area contributed by atoms with Gasteiger partial charge in [0, 0.05) is 32.1 Å². The highest BCUT2D eigenvalue weighted by atomic mass is 16.6. The Hall–Kier alpha value is -2.30. The normalized spacial score (nSPS) is 10.5. The van der Waals surface area contributed by atoms with E-state index in [1.54, 1.807) is 6.07 Å². The summed E-state index contributed by atoms with van der Waals surface area (Å²) in [5.41, 5.74) is 3.75. The Bertz CT molecular complexity index is 617. The number of nitrogens with zero attached hydrogens (tertiary/aromatic N) is 2. The van der Waals surface area contributed by atoms with Crippen LogP contribution in [-0.2, 0) is 13.6 Å². The molecule has 1 N–H and O–H groups in total. The van der Waals surface area contributed by atoms with Gasteiger partial charge in [-0.25, -0.2) is 0 Å². The maximum Gasteiger partial charge on any atom is 0.292 e. The molecule has 100 valence electrons. The van der Waals surface area contributed by atoms with E-state index in [1.165, 1.54) is 0 Å². The second kappa shape index (κ2) is 5.14. The third-order valence-electron chi connectivity index (χ3n) is 3.18. The highest BCUT2D eigenvalue weighted by Crippen LogP contribution is 2.28. The van der Waals surface area contributed by atoms with Crippen LogP contribution in [0.3, 0.4) is 0 Å². The molecule has 0 spiro atoms. The number of hydrogen-bond donors (Lipinski definition) is 1. The van der Waals surface area contributed by atoms with Crippen LogP contribution in [0.4, 0.5) is 11.4 Å².